The lowest BCUT2D eigenvalue weighted by Crippen LogP contribution is -2.33. The van der Waals surface area contributed by atoms with Gasteiger partial charge in [0, 0.05) is 37.1 Å². The number of carbonyl (C=O) groups is 2. The average Bonchev–Trinajstić information content (AvgIpc) is 3.08. The van der Waals surface area contributed by atoms with Gasteiger partial charge < -0.3 is 20.9 Å². The summed E-state index contributed by atoms with van der Waals surface area (Å²) in [7, 11) is 0. The van der Waals surface area contributed by atoms with E-state index in [1.54, 1.807) is 6.07 Å². The van der Waals surface area contributed by atoms with E-state index in [0.717, 1.165) is 44.5 Å². The summed E-state index contributed by atoms with van der Waals surface area (Å²) in [5.74, 6) is -0.105. The van der Waals surface area contributed by atoms with Crippen LogP contribution in [0.5, 0.6) is 0 Å². The maximum Gasteiger partial charge on any atom is 0.319 e. The molecule has 0 aliphatic carbocycles. The number of nitrogens with one attached hydrogen (secondary N) is 3. The van der Waals surface area contributed by atoms with Crippen molar-refractivity contribution < 1.29 is 9.59 Å². The largest absolute Gasteiger partial charge is 0.371 e. The number of urea groups is 1. The van der Waals surface area contributed by atoms with Gasteiger partial charge in [-0.3, -0.25) is 4.79 Å². The summed E-state index contributed by atoms with van der Waals surface area (Å²) in [6, 6.07) is 5.39. The van der Waals surface area contributed by atoms with E-state index in [-0.39, 0.29) is 18.0 Å². The van der Waals surface area contributed by atoms with E-state index >= 15 is 0 Å². The van der Waals surface area contributed by atoms with Crippen LogP contribution in [0.15, 0.2) is 18.2 Å². The van der Waals surface area contributed by atoms with Gasteiger partial charge >= 0.3 is 6.03 Å². The molecular weight excluding hydrogens is 316 g/mol. The van der Waals surface area contributed by atoms with Crippen LogP contribution in [0.2, 0.25) is 0 Å². The second-order valence-corrected chi connectivity index (χ2v) is 6.79. The van der Waals surface area contributed by atoms with Gasteiger partial charge in [-0.25, -0.2) is 4.79 Å². The quantitative estimate of drug-likeness (QED) is 0.663. The van der Waals surface area contributed by atoms with E-state index in [1.807, 2.05) is 26.0 Å². The Bertz CT molecular complexity index is 595. The molecule has 0 spiro atoms. The molecule has 2 rings (SSSR count). The maximum absolute atomic E-state index is 12.6. The minimum atomic E-state index is -0.238. The lowest BCUT2D eigenvalue weighted by molar-refractivity contribution is 0.0943. The zero-order valence-electron chi connectivity index (χ0n) is 15.5. The predicted octanol–water partition coefficient (Wildman–Crippen LogP) is 3.35. The third-order valence-electron chi connectivity index (χ3n) is 4.18. The van der Waals surface area contributed by atoms with Crippen LogP contribution < -0.4 is 20.9 Å². The number of nitrogens with zero attached hydrogens (tertiary/aromatic N) is 1. The molecule has 1 aliphatic rings. The van der Waals surface area contributed by atoms with Crippen LogP contribution in [0.3, 0.4) is 0 Å². The Labute approximate surface area is 150 Å². The van der Waals surface area contributed by atoms with Gasteiger partial charge in [-0.15, -0.1) is 0 Å². The van der Waals surface area contributed by atoms with E-state index in [2.05, 4.69) is 27.8 Å². The summed E-state index contributed by atoms with van der Waals surface area (Å²) in [5.41, 5.74) is 2.18. The smallest absolute Gasteiger partial charge is 0.319 e. The molecule has 1 aliphatic heterocycles. The molecule has 6 heteroatoms. The van der Waals surface area contributed by atoms with Crippen molar-refractivity contribution in [2.24, 2.45) is 0 Å². The van der Waals surface area contributed by atoms with Crippen LogP contribution in [0.4, 0.5) is 16.2 Å². The first-order chi connectivity index (χ1) is 12.0. The molecule has 0 bridgehead atoms. The summed E-state index contributed by atoms with van der Waals surface area (Å²) >= 11 is 0. The van der Waals surface area contributed by atoms with E-state index in [1.165, 1.54) is 0 Å². The monoisotopic (exact) mass is 346 g/mol. The summed E-state index contributed by atoms with van der Waals surface area (Å²) < 4.78 is 0. The molecule has 0 saturated carbocycles. The van der Waals surface area contributed by atoms with Gasteiger partial charge in [0.15, 0.2) is 0 Å². The van der Waals surface area contributed by atoms with E-state index < -0.39 is 0 Å². The molecule has 1 aromatic carbocycles. The molecule has 1 aromatic rings. The maximum atomic E-state index is 12.6. The first kappa shape index (κ1) is 19.1. The van der Waals surface area contributed by atoms with Crippen molar-refractivity contribution in [3.8, 4) is 0 Å². The molecule has 1 fully saturated rings. The normalized spacial score (nSPS) is 13.8. The minimum Gasteiger partial charge on any atom is -0.371 e. The number of benzene rings is 1. The predicted molar refractivity (Wildman–Crippen MR) is 102 cm³/mol. The first-order valence-corrected chi connectivity index (χ1v) is 9.26. The van der Waals surface area contributed by atoms with E-state index in [9.17, 15) is 9.59 Å². The molecule has 1 saturated heterocycles. The van der Waals surface area contributed by atoms with Gasteiger partial charge in [0.05, 0.1) is 5.56 Å². The van der Waals surface area contributed by atoms with Crippen molar-refractivity contribution in [3.63, 3.8) is 0 Å². The Kier molecular flexibility index (Phi) is 7.10. The molecule has 25 heavy (non-hydrogen) atoms. The standard InChI is InChI=1S/C19H30N4O2/c1-4-5-10-20-19(25)22-15-8-9-17(23-11-6-7-12-23)16(13-15)18(24)21-14(2)3/h8-9,13-14H,4-7,10-12H2,1-3H3,(H,21,24)(H2,20,22,25). The van der Waals surface area contributed by atoms with Gasteiger partial charge in [-0.1, -0.05) is 13.3 Å². The highest BCUT2D eigenvalue weighted by molar-refractivity contribution is 6.02. The fourth-order valence-electron chi connectivity index (χ4n) is 2.92. The summed E-state index contributed by atoms with van der Waals surface area (Å²) in [5, 5.41) is 8.59. The van der Waals surface area contributed by atoms with Crippen LogP contribution in [0.25, 0.3) is 0 Å². The summed E-state index contributed by atoms with van der Waals surface area (Å²) in [4.78, 5) is 26.8. The second kappa shape index (κ2) is 9.30. The number of hydrogen-bond acceptors (Lipinski definition) is 3. The number of amides is 3. The van der Waals surface area contributed by atoms with Crippen molar-refractivity contribution in [2.45, 2.75) is 52.5 Å². The number of anilines is 2. The van der Waals surface area contributed by atoms with Crippen LogP contribution in [0.1, 0.15) is 56.8 Å². The SMILES string of the molecule is CCCCNC(=O)Nc1ccc(N2CCCC2)c(C(=O)NC(C)C)c1. The molecule has 3 N–H and O–H groups in total. The first-order valence-electron chi connectivity index (χ1n) is 9.26. The van der Waals surface area contributed by atoms with Crippen molar-refractivity contribution >= 4 is 23.3 Å². The van der Waals surface area contributed by atoms with Crippen LogP contribution in [-0.2, 0) is 0 Å². The second-order valence-electron chi connectivity index (χ2n) is 6.79. The Morgan fingerprint density at radius 3 is 2.56 bits per heavy atom. The molecule has 0 unspecified atom stereocenters. The van der Waals surface area contributed by atoms with Crippen molar-refractivity contribution in [2.75, 3.05) is 29.9 Å². The Morgan fingerprint density at radius 1 is 1.20 bits per heavy atom. The number of rotatable bonds is 7. The molecule has 0 aromatic heterocycles. The number of unbranched alkanes of at least 4 members (excludes halogenated alkanes) is 1. The number of hydrogen-bond donors (Lipinski definition) is 3. The van der Waals surface area contributed by atoms with Gasteiger partial charge in [0.1, 0.15) is 0 Å². The van der Waals surface area contributed by atoms with E-state index in [4.69, 9.17) is 0 Å². The highest BCUT2D eigenvalue weighted by atomic mass is 16.2. The van der Waals surface area contributed by atoms with Crippen molar-refractivity contribution in [1.82, 2.24) is 10.6 Å². The molecule has 0 atom stereocenters. The minimum absolute atomic E-state index is 0.0629. The summed E-state index contributed by atoms with van der Waals surface area (Å²) in [6.07, 6.45) is 4.27. The van der Waals surface area contributed by atoms with Gasteiger partial charge in [-0.05, 0) is 51.3 Å². The zero-order valence-corrected chi connectivity index (χ0v) is 15.5. The molecule has 1 heterocycles. The van der Waals surface area contributed by atoms with Crippen LogP contribution in [0, 0.1) is 0 Å². The van der Waals surface area contributed by atoms with Crippen molar-refractivity contribution in [3.05, 3.63) is 23.8 Å². The third kappa shape index (κ3) is 5.66. The Hall–Kier alpha value is -2.24. The molecule has 138 valence electrons. The van der Waals surface area contributed by atoms with E-state index in [0.29, 0.717) is 17.8 Å². The highest BCUT2D eigenvalue weighted by Crippen LogP contribution is 2.27. The van der Waals surface area contributed by atoms with Gasteiger partial charge in [0.2, 0.25) is 0 Å². The molecule has 3 amide bonds. The van der Waals surface area contributed by atoms with Crippen LogP contribution >= 0.6 is 0 Å². The fourth-order valence-corrected chi connectivity index (χ4v) is 2.92. The fraction of sp³-hybridized carbons (Fsp3) is 0.579. The van der Waals surface area contributed by atoms with Crippen molar-refractivity contribution in [1.29, 1.82) is 0 Å². The molecule has 0 radical (unpaired) electrons. The highest BCUT2D eigenvalue weighted by Gasteiger charge is 2.20. The third-order valence-corrected chi connectivity index (χ3v) is 4.18. The summed E-state index contributed by atoms with van der Waals surface area (Å²) in [6.45, 7) is 8.54. The molecule has 6 nitrogen and oxygen atoms in total. The zero-order chi connectivity index (χ0) is 18.2. The topological polar surface area (TPSA) is 73.5 Å². The van der Waals surface area contributed by atoms with Gasteiger partial charge in [0.25, 0.3) is 5.91 Å². The van der Waals surface area contributed by atoms with Gasteiger partial charge in [-0.2, -0.15) is 0 Å². The Balaban J connectivity index is 2.16. The Morgan fingerprint density at radius 2 is 1.92 bits per heavy atom. The number of carbonyl (C=O) groups excluding carboxylic acids is 2. The molecular formula is C19H30N4O2. The lowest BCUT2D eigenvalue weighted by Gasteiger charge is -2.22. The lowest BCUT2D eigenvalue weighted by atomic mass is 10.1. The van der Waals surface area contributed by atoms with Crippen LogP contribution in [-0.4, -0.2) is 37.6 Å². The average molecular weight is 346 g/mol.